The molecule has 1 aromatic heterocycles. The monoisotopic (exact) mass is 535 g/mol. The SMILES string of the molecule is C=C(CN1CCCCC1)NC1CCC(Cc2cc3c(Nc4ccc(F)c(Cl)c4)ncnc3cc2CC)CC1. The van der Waals surface area contributed by atoms with E-state index in [4.69, 9.17) is 11.6 Å². The third kappa shape index (κ3) is 6.65. The summed E-state index contributed by atoms with van der Waals surface area (Å²) in [6.07, 6.45) is 12.4. The molecule has 0 spiro atoms. The van der Waals surface area contributed by atoms with E-state index in [1.54, 1.807) is 18.5 Å². The number of fused-ring (bicyclic) bond motifs is 1. The number of hydrogen-bond donors (Lipinski definition) is 2. The van der Waals surface area contributed by atoms with E-state index in [-0.39, 0.29) is 5.02 Å². The molecule has 0 unspecified atom stereocenters. The van der Waals surface area contributed by atoms with Gasteiger partial charge >= 0.3 is 0 Å². The van der Waals surface area contributed by atoms with Crippen LogP contribution in [0.25, 0.3) is 10.9 Å². The maximum absolute atomic E-state index is 13.6. The largest absolute Gasteiger partial charge is 0.385 e. The van der Waals surface area contributed by atoms with Gasteiger partial charge in [0.05, 0.1) is 10.5 Å². The quantitative estimate of drug-likeness (QED) is 0.298. The number of aryl methyl sites for hydroxylation is 1. The van der Waals surface area contributed by atoms with Gasteiger partial charge in [0.25, 0.3) is 0 Å². The van der Waals surface area contributed by atoms with Crippen LogP contribution in [0.5, 0.6) is 0 Å². The zero-order chi connectivity index (χ0) is 26.5. The average Bonchev–Trinajstić information content (AvgIpc) is 2.92. The van der Waals surface area contributed by atoms with Gasteiger partial charge in [0.15, 0.2) is 0 Å². The van der Waals surface area contributed by atoms with Gasteiger partial charge < -0.3 is 10.6 Å². The van der Waals surface area contributed by atoms with Crippen LogP contribution in [0.4, 0.5) is 15.9 Å². The van der Waals surface area contributed by atoms with Crippen LogP contribution in [0.15, 0.2) is 48.9 Å². The first kappa shape index (κ1) is 26.9. The highest BCUT2D eigenvalue weighted by atomic mass is 35.5. The predicted octanol–water partition coefficient (Wildman–Crippen LogP) is 7.42. The van der Waals surface area contributed by atoms with Crippen molar-refractivity contribution in [1.29, 1.82) is 0 Å². The zero-order valence-electron chi connectivity index (χ0n) is 22.4. The van der Waals surface area contributed by atoms with Crippen LogP contribution in [0.3, 0.4) is 0 Å². The lowest BCUT2D eigenvalue weighted by Gasteiger charge is -2.33. The van der Waals surface area contributed by atoms with Gasteiger partial charge in [-0.1, -0.05) is 31.5 Å². The van der Waals surface area contributed by atoms with Gasteiger partial charge in [-0.25, -0.2) is 14.4 Å². The Morgan fingerprint density at radius 1 is 1.05 bits per heavy atom. The predicted molar refractivity (Wildman–Crippen MR) is 156 cm³/mol. The molecule has 2 aromatic carbocycles. The molecule has 2 heterocycles. The van der Waals surface area contributed by atoms with E-state index in [1.165, 1.54) is 80.9 Å². The molecule has 2 N–H and O–H groups in total. The minimum atomic E-state index is -0.434. The number of aromatic nitrogens is 2. The Kier molecular flexibility index (Phi) is 8.80. The number of anilines is 2. The van der Waals surface area contributed by atoms with Crippen molar-refractivity contribution in [2.45, 2.75) is 70.8 Å². The van der Waals surface area contributed by atoms with Gasteiger partial charge in [-0.05, 0) is 112 Å². The summed E-state index contributed by atoms with van der Waals surface area (Å²) in [5.74, 6) is 0.945. The van der Waals surface area contributed by atoms with Crippen LogP contribution in [-0.4, -0.2) is 40.5 Å². The summed E-state index contributed by atoms with van der Waals surface area (Å²) in [6.45, 7) is 9.94. The normalized spacial score (nSPS) is 20.4. The second-order valence-electron chi connectivity index (χ2n) is 11.0. The molecule has 5 rings (SSSR count). The molecule has 1 aliphatic heterocycles. The Bertz CT molecular complexity index is 1260. The summed E-state index contributed by atoms with van der Waals surface area (Å²) in [7, 11) is 0. The molecule has 1 saturated carbocycles. The first-order valence-electron chi connectivity index (χ1n) is 14.1. The van der Waals surface area contributed by atoms with Crippen LogP contribution < -0.4 is 10.6 Å². The van der Waals surface area contributed by atoms with Crippen LogP contribution in [-0.2, 0) is 12.8 Å². The Morgan fingerprint density at radius 2 is 1.84 bits per heavy atom. The fraction of sp³-hybridized carbons (Fsp3) is 0.484. The molecular weight excluding hydrogens is 497 g/mol. The maximum Gasteiger partial charge on any atom is 0.141 e. The van der Waals surface area contributed by atoms with Gasteiger partial charge in [-0.3, -0.25) is 4.90 Å². The van der Waals surface area contributed by atoms with E-state index >= 15 is 0 Å². The van der Waals surface area contributed by atoms with E-state index in [0.29, 0.717) is 23.5 Å². The van der Waals surface area contributed by atoms with Crippen molar-refractivity contribution in [3.8, 4) is 0 Å². The fourth-order valence-electron chi connectivity index (χ4n) is 6.06. The summed E-state index contributed by atoms with van der Waals surface area (Å²) in [6, 6.07) is 9.61. The molecule has 2 fully saturated rings. The van der Waals surface area contributed by atoms with E-state index in [1.807, 2.05) is 0 Å². The Morgan fingerprint density at radius 3 is 2.58 bits per heavy atom. The number of rotatable bonds is 9. The highest BCUT2D eigenvalue weighted by Crippen LogP contribution is 2.33. The standard InChI is InChI=1S/C31H39ClFN5/c1-3-23-17-30-27(31(35-20-34-30)37-26-11-12-29(33)28(32)18-26)16-24(23)15-22-7-9-25(10-8-22)36-21(2)19-38-13-5-4-6-14-38/h11-12,16-18,20,22,25,36H,2-10,13-15,19H2,1H3,(H,34,35,37). The molecule has 5 nitrogen and oxygen atoms in total. The number of piperidine rings is 1. The first-order chi connectivity index (χ1) is 18.5. The molecule has 0 amide bonds. The number of halogens is 2. The molecule has 2 aliphatic rings. The molecule has 0 bridgehead atoms. The lowest BCUT2D eigenvalue weighted by atomic mass is 9.81. The summed E-state index contributed by atoms with van der Waals surface area (Å²) in [5, 5.41) is 8.12. The molecule has 1 saturated heterocycles. The van der Waals surface area contributed by atoms with Crippen molar-refractivity contribution >= 4 is 34.0 Å². The minimum Gasteiger partial charge on any atom is -0.385 e. The van der Waals surface area contributed by atoms with Gasteiger partial charge in [-0.15, -0.1) is 0 Å². The Labute approximate surface area is 230 Å². The van der Waals surface area contributed by atoms with Gasteiger partial charge in [0, 0.05) is 29.4 Å². The second-order valence-corrected chi connectivity index (χ2v) is 11.4. The number of benzene rings is 2. The molecular formula is C31H39ClFN5. The summed E-state index contributed by atoms with van der Waals surface area (Å²) in [5.41, 5.74) is 5.52. The molecule has 7 heteroatoms. The average molecular weight is 536 g/mol. The molecule has 0 radical (unpaired) electrons. The van der Waals surface area contributed by atoms with Gasteiger partial charge in [0.2, 0.25) is 0 Å². The maximum atomic E-state index is 13.6. The van der Waals surface area contributed by atoms with Crippen molar-refractivity contribution < 1.29 is 4.39 Å². The van der Waals surface area contributed by atoms with E-state index in [2.05, 4.69) is 51.1 Å². The van der Waals surface area contributed by atoms with E-state index < -0.39 is 5.82 Å². The molecule has 202 valence electrons. The molecule has 1 aliphatic carbocycles. The van der Waals surface area contributed by atoms with Gasteiger partial charge in [0.1, 0.15) is 18.0 Å². The third-order valence-electron chi connectivity index (χ3n) is 8.15. The highest BCUT2D eigenvalue weighted by molar-refractivity contribution is 6.31. The molecule has 38 heavy (non-hydrogen) atoms. The Balaban J connectivity index is 1.23. The summed E-state index contributed by atoms with van der Waals surface area (Å²) < 4.78 is 13.6. The van der Waals surface area contributed by atoms with Crippen LogP contribution in [0, 0.1) is 11.7 Å². The van der Waals surface area contributed by atoms with E-state index in [0.717, 1.165) is 30.3 Å². The minimum absolute atomic E-state index is 0.0856. The third-order valence-corrected chi connectivity index (χ3v) is 8.44. The Hall–Kier alpha value is -2.70. The zero-order valence-corrected chi connectivity index (χ0v) is 23.2. The molecule has 3 aromatic rings. The van der Waals surface area contributed by atoms with Crippen molar-refractivity contribution in [3.05, 3.63) is 70.9 Å². The van der Waals surface area contributed by atoms with Gasteiger partial charge in [-0.2, -0.15) is 0 Å². The van der Waals surface area contributed by atoms with E-state index in [9.17, 15) is 4.39 Å². The summed E-state index contributed by atoms with van der Waals surface area (Å²) >= 11 is 5.99. The van der Waals surface area contributed by atoms with Crippen LogP contribution in [0.1, 0.15) is 63.0 Å². The van der Waals surface area contributed by atoms with Crippen molar-refractivity contribution in [2.24, 2.45) is 5.92 Å². The number of nitrogens with one attached hydrogen (secondary N) is 2. The number of hydrogen-bond acceptors (Lipinski definition) is 5. The number of likely N-dealkylation sites (tertiary alicyclic amines) is 1. The first-order valence-corrected chi connectivity index (χ1v) is 14.5. The summed E-state index contributed by atoms with van der Waals surface area (Å²) in [4.78, 5) is 11.6. The van der Waals surface area contributed by atoms with Crippen LogP contribution in [0.2, 0.25) is 5.02 Å². The molecule has 0 atom stereocenters. The van der Waals surface area contributed by atoms with Crippen molar-refractivity contribution in [1.82, 2.24) is 20.2 Å². The smallest absolute Gasteiger partial charge is 0.141 e. The van der Waals surface area contributed by atoms with Crippen molar-refractivity contribution in [2.75, 3.05) is 25.0 Å². The second kappa shape index (κ2) is 12.4. The topological polar surface area (TPSA) is 53.1 Å². The van der Waals surface area contributed by atoms with Crippen molar-refractivity contribution in [3.63, 3.8) is 0 Å². The lowest BCUT2D eigenvalue weighted by Crippen LogP contribution is -2.39. The number of nitrogens with zero attached hydrogens (tertiary/aromatic N) is 3. The van der Waals surface area contributed by atoms with Crippen LogP contribution >= 0.6 is 11.6 Å². The lowest BCUT2D eigenvalue weighted by molar-refractivity contribution is 0.236. The fourth-order valence-corrected chi connectivity index (χ4v) is 6.24. The highest BCUT2D eigenvalue weighted by Gasteiger charge is 2.23.